The molecular weight excluding hydrogens is 210 g/mol. The topological polar surface area (TPSA) is 35.2 Å². The van der Waals surface area contributed by atoms with Gasteiger partial charge in [0.15, 0.2) is 0 Å². The van der Waals surface area contributed by atoms with Gasteiger partial charge in [-0.3, -0.25) is 0 Å². The monoisotopic (exact) mass is 231 g/mol. The van der Waals surface area contributed by atoms with Gasteiger partial charge < -0.3 is 10.5 Å². The first kappa shape index (κ1) is 11.1. The van der Waals surface area contributed by atoms with Gasteiger partial charge in [0, 0.05) is 6.04 Å². The smallest absolute Gasteiger partial charge is 0.119 e. The van der Waals surface area contributed by atoms with Crippen LogP contribution in [0.3, 0.4) is 0 Å². The fraction of sp³-hybridized carbons (Fsp3) is 0.600. The summed E-state index contributed by atoms with van der Waals surface area (Å²) in [7, 11) is 1.71. The molecule has 3 rings (SSSR count). The molecule has 0 amide bonds. The van der Waals surface area contributed by atoms with E-state index in [0.717, 1.165) is 17.6 Å². The van der Waals surface area contributed by atoms with Crippen LogP contribution in [0.1, 0.15) is 37.3 Å². The van der Waals surface area contributed by atoms with Crippen LogP contribution in [0.2, 0.25) is 0 Å². The Bertz CT molecular complexity index is 404. The zero-order valence-electron chi connectivity index (χ0n) is 10.4. The summed E-state index contributed by atoms with van der Waals surface area (Å²) in [6, 6.07) is 8.45. The van der Waals surface area contributed by atoms with Crippen molar-refractivity contribution in [3.63, 3.8) is 0 Å². The van der Waals surface area contributed by atoms with Crippen molar-refractivity contribution < 1.29 is 4.74 Å². The first-order valence-corrected chi connectivity index (χ1v) is 6.67. The highest BCUT2D eigenvalue weighted by Crippen LogP contribution is 2.52. The third-order valence-electron chi connectivity index (χ3n) is 4.73. The van der Waals surface area contributed by atoms with Crippen LogP contribution in [0.4, 0.5) is 0 Å². The molecule has 2 fully saturated rings. The van der Waals surface area contributed by atoms with E-state index >= 15 is 0 Å². The Morgan fingerprint density at radius 1 is 1.29 bits per heavy atom. The Balaban J connectivity index is 1.79. The molecule has 4 atom stereocenters. The lowest BCUT2D eigenvalue weighted by molar-refractivity contribution is 0.284. The largest absolute Gasteiger partial charge is 0.497 e. The Labute approximate surface area is 103 Å². The van der Waals surface area contributed by atoms with Gasteiger partial charge in [-0.2, -0.15) is 0 Å². The van der Waals surface area contributed by atoms with Gasteiger partial charge in [-0.15, -0.1) is 0 Å². The molecule has 0 spiro atoms. The lowest BCUT2D eigenvalue weighted by Crippen LogP contribution is -2.25. The molecule has 1 aromatic carbocycles. The van der Waals surface area contributed by atoms with Crippen molar-refractivity contribution in [2.75, 3.05) is 7.11 Å². The van der Waals surface area contributed by atoms with Crippen molar-refractivity contribution in [1.82, 2.24) is 0 Å². The summed E-state index contributed by atoms with van der Waals surface area (Å²) in [4.78, 5) is 0. The Kier molecular flexibility index (Phi) is 2.83. The standard InChI is InChI=1S/C15H21NO/c1-17-13-4-2-3-12(9-13)15(16)14-8-10-5-6-11(14)7-10/h2-4,9-11,14-15H,5-8,16H2,1H3. The molecule has 0 aliphatic heterocycles. The molecule has 2 N–H and O–H groups in total. The van der Waals surface area contributed by atoms with E-state index < -0.39 is 0 Å². The minimum atomic E-state index is 0.195. The number of hydrogen-bond acceptors (Lipinski definition) is 2. The predicted octanol–water partition coefficient (Wildman–Crippen LogP) is 3.13. The summed E-state index contributed by atoms with van der Waals surface area (Å²) in [5.41, 5.74) is 7.69. The summed E-state index contributed by atoms with van der Waals surface area (Å²) < 4.78 is 5.27. The molecule has 0 saturated heterocycles. The molecule has 0 aromatic heterocycles. The molecule has 92 valence electrons. The molecule has 17 heavy (non-hydrogen) atoms. The third kappa shape index (κ3) is 1.95. The molecular formula is C15H21NO. The van der Waals surface area contributed by atoms with Gasteiger partial charge in [-0.25, -0.2) is 0 Å². The van der Waals surface area contributed by atoms with Crippen molar-refractivity contribution in [3.8, 4) is 5.75 Å². The maximum absolute atomic E-state index is 6.45. The van der Waals surface area contributed by atoms with Crippen molar-refractivity contribution in [2.24, 2.45) is 23.5 Å². The van der Waals surface area contributed by atoms with E-state index in [1.807, 2.05) is 12.1 Å². The zero-order chi connectivity index (χ0) is 11.8. The van der Waals surface area contributed by atoms with Gasteiger partial charge in [-0.05, 0) is 54.7 Å². The van der Waals surface area contributed by atoms with Crippen molar-refractivity contribution in [3.05, 3.63) is 29.8 Å². The van der Waals surface area contributed by atoms with Crippen LogP contribution in [0.25, 0.3) is 0 Å². The second-order valence-electron chi connectivity index (χ2n) is 5.64. The Hall–Kier alpha value is -1.02. The van der Waals surface area contributed by atoms with Gasteiger partial charge in [0.2, 0.25) is 0 Å². The minimum absolute atomic E-state index is 0.195. The highest BCUT2D eigenvalue weighted by Gasteiger charge is 2.42. The van der Waals surface area contributed by atoms with E-state index in [0.29, 0.717) is 5.92 Å². The molecule has 2 heteroatoms. The highest BCUT2D eigenvalue weighted by atomic mass is 16.5. The molecule has 1 aromatic rings. The van der Waals surface area contributed by atoms with Gasteiger partial charge in [0.25, 0.3) is 0 Å². The lowest BCUT2D eigenvalue weighted by atomic mass is 9.81. The molecule has 0 heterocycles. The number of methoxy groups -OCH3 is 1. The zero-order valence-corrected chi connectivity index (χ0v) is 10.4. The maximum atomic E-state index is 6.45. The average Bonchev–Trinajstić information content (AvgIpc) is 3.00. The van der Waals surface area contributed by atoms with Crippen LogP contribution in [-0.2, 0) is 0 Å². The van der Waals surface area contributed by atoms with Crippen molar-refractivity contribution in [2.45, 2.75) is 31.7 Å². The van der Waals surface area contributed by atoms with E-state index in [4.69, 9.17) is 10.5 Å². The quantitative estimate of drug-likeness (QED) is 0.867. The van der Waals surface area contributed by atoms with E-state index in [2.05, 4.69) is 12.1 Å². The normalized spacial score (nSPS) is 32.7. The van der Waals surface area contributed by atoms with E-state index in [-0.39, 0.29) is 6.04 Å². The molecule has 2 saturated carbocycles. The first-order chi connectivity index (χ1) is 8.28. The number of fused-ring (bicyclic) bond motifs is 2. The number of benzene rings is 1. The summed E-state index contributed by atoms with van der Waals surface area (Å²) in [5.74, 6) is 3.45. The fourth-order valence-corrected chi connectivity index (χ4v) is 3.83. The minimum Gasteiger partial charge on any atom is -0.497 e. The number of rotatable bonds is 3. The number of nitrogens with two attached hydrogens (primary N) is 1. The Morgan fingerprint density at radius 3 is 2.82 bits per heavy atom. The molecule has 2 bridgehead atoms. The molecule has 2 aliphatic carbocycles. The van der Waals surface area contributed by atoms with Crippen LogP contribution in [0.15, 0.2) is 24.3 Å². The van der Waals surface area contributed by atoms with Crippen LogP contribution in [0.5, 0.6) is 5.75 Å². The summed E-state index contributed by atoms with van der Waals surface area (Å²) >= 11 is 0. The highest BCUT2D eigenvalue weighted by molar-refractivity contribution is 5.31. The van der Waals surface area contributed by atoms with Crippen LogP contribution in [0, 0.1) is 17.8 Å². The van der Waals surface area contributed by atoms with E-state index in [9.17, 15) is 0 Å². The number of ether oxygens (including phenoxy) is 1. The van der Waals surface area contributed by atoms with E-state index in [1.54, 1.807) is 7.11 Å². The SMILES string of the molecule is COc1cccc(C(N)C2CC3CCC2C3)c1. The molecule has 4 unspecified atom stereocenters. The lowest BCUT2D eigenvalue weighted by Gasteiger charge is -2.28. The van der Waals surface area contributed by atoms with Crippen molar-refractivity contribution >= 4 is 0 Å². The summed E-state index contributed by atoms with van der Waals surface area (Å²) in [6.07, 6.45) is 5.59. The second-order valence-corrected chi connectivity index (χ2v) is 5.64. The number of hydrogen-bond donors (Lipinski definition) is 1. The van der Waals surface area contributed by atoms with Gasteiger partial charge >= 0.3 is 0 Å². The predicted molar refractivity (Wildman–Crippen MR) is 68.9 cm³/mol. The summed E-state index contributed by atoms with van der Waals surface area (Å²) in [5, 5.41) is 0. The maximum Gasteiger partial charge on any atom is 0.119 e. The van der Waals surface area contributed by atoms with Crippen molar-refractivity contribution in [1.29, 1.82) is 0 Å². The average molecular weight is 231 g/mol. The van der Waals surface area contributed by atoms with Crippen LogP contribution in [-0.4, -0.2) is 7.11 Å². The molecule has 2 nitrogen and oxygen atoms in total. The summed E-state index contributed by atoms with van der Waals surface area (Å²) in [6.45, 7) is 0. The third-order valence-corrected chi connectivity index (χ3v) is 4.73. The van der Waals surface area contributed by atoms with Crippen LogP contribution >= 0.6 is 0 Å². The fourth-order valence-electron chi connectivity index (χ4n) is 3.83. The van der Waals surface area contributed by atoms with E-state index in [1.165, 1.54) is 31.2 Å². The first-order valence-electron chi connectivity index (χ1n) is 6.67. The molecule has 2 aliphatic rings. The van der Waals surface area contributed by atoms with Gasteiger partial charge in [0.1, 0.15) is 5.75 Å². The van der Waals surface area contributed by atoms with Crippen LogP contribution < -0.4 is 10.5 Å². The molecule has 0 radical (unpaired) electrons. The second kappa shape index (κ2) is 4.34. The Morgan fingerprint density at radius 2 is 2.18 bits per heavy atom. The van der Waals surface area contributed by atoms with Gasteiger partial charge in [0.05, 0.1) is 7.11 Å². The van der Waals surface area contributed by atoms with Gasteiger partial charge in [-0.1, -0.05) is 18.6 Å².